The molecule has 0 aromatic heterocycles. The third-order valence-corrected chi connectivity index (χ3v) is 3.97. The summed E-state index contributed by atoms with van der Waals surface area (Å²) in [5.74, 6) is 0.520. The molecule has 122 valence electrons. The molecule has 0 amide bonds. The van der Waals surface area contributed by atoms with Crippen LogP contribution in [-0.4, -0.2) is 43.2 Å². The van der Waals surface area contributed by atoms with Gasteiger partial charge in [0, 0.05) is 25.7 Å². The van der Waals surface area contributed by atoms with E-state index in [-0.39, 0.29) is 0 Å². The zero-order valence-electron chi connectivity index (χ0n) is 13.7. The predicted molar refractivity (Wildman–Crippen MR) is 90.8 cm³/mol. The lowest BCUT2D eigenvalue weighted by Gasteiger charge is -2.26. The molecule has 0 saturated carbocycles. The van der Waals surface area contributed by atoms with Crippen LogP contribution in [0, 0.1) is 0 Å². The lowest BCUT2D eigenvalue weighted by molar-refractivity contribution is 0.0342. The largest absolute Gasteiger partial charge is 0.379 e. The van der Waals surface area contributed by atoms with E-state index in [9.17, 15) is 0 Å². The quantitative estimate of drug-likeness (QED) is 0.620. The first-order chi connectivity index (χ1) is 10.7. The Morgan fingerprint density at radius 2 is 1.91 bits per heavy atom. The van der Waals surface area contributed by atoms with Crippen molar-refractivity contribution < 1.29 is 4.74 Å². The van der Waals surface area contributed by atoms with Crippen LogP contribution in [0.2, 0.25) is 0 Å². The molecule has 22 heavy (non-hydrogen) atoms. The van der Waals surface area contributed by atoms with Gasteiger partial charge >= 0.3 is 0 Å². The second-order valence-electron chi connectivity index (χ2n) is 5.86. The van der Waals surface area contributed by atoms with Gasteiger partial charge in [-0.15, -0.1) is 0 Å². The smallest absolute Gasteiger partial charge is 0.189 e. The number of hydrogen-bond donors (Lipinski definition) is 2. The van der Waals surface area contributed by atoms with Crippen LogP contribution in [0.5, 0.6) is 0 Å². The summed E-state index contributed by atoms with van der Waals surface area (Å²) < 4.78 is 5.37. The molecule has 5 nitrogen and oxygen atoms in total. The number of guanidine groups is 1. The number of ether oxygens (including phenoxy) is 1. The van der Waals surface area contributed by atoms with E-state index < -0.39 is 0 Å². The van der Waals surface area contributed by atoms with Crippen LogP contribution in [0.1, 0.15) is 31.4 Å². The third kappa shape index (κ3) is 5.66. The summed E-state index contributed by atoms with van der Waals surface area (Å²) in [6.07, 6.45) is 1.03. The van der Waals surface area contributed by atoms with Crippen LogP contribution < -0.4 is 11.1 Å². The number of benzene rings is 1. The molecule has 1 aliphatic heterocycles. The topological polar surface area (TPSA) is 62.9 Å². The molecule has 5 heteroatoms. The predicted octanol–water partition coefficient (Wildman–Crippen LogP) is 1.72. The molecule has 1 heterocycles. The van der Waals surface area contributed by atoms with Gasteiger partial charge in [0.2, 0.25) is 0 Å². The second kappa shape index (κ2) is 8.76. The lowest BCUT2D eigenvalue weighted by Crippen LogP contribution is -2.38. The van der Waals surface area contributed by atoms with Gasteiger partial charge in [-0.25, -0.2) is 4.99 Å². The minimum Gasteiger partial charge on any atom is -0.379 e. The molecule has 1 aromatic rings. The molecule has 0 spiro atoms. The van der Waals surface area contributed by atoms with Crippen LogP contribution in [0.4, 0.5) is 0 Å². The number of nitrogens with zero attached hydrogens (tertiary/aromatic N) is 2. The van der Waals surface area contributed by atoms with Crippen molar-refractivity contribution in [1.29, 1.82) is 0 Å². The maximum absolute atomic E-state index is 5.87. The zero-order valence-corrected chi connectivity index (χ0v) is 13.7. The van der Waals surface area contributed by atoms with Crippen molar-refractivity contribution in [1.82, 2.24) is 10.2 Å². The van der Waals surface area contributed by atoms with Crippen LogP contribution in [-0.2, 0) is 17.8 Å². The Hall–Kier alpha value is -1.59. The normalized spacial score (nSPS) is 18.2. The molecule has 3 N–H and O–H groups in total. The molecule has 1 aliphatic rings. The average Bonchev–Trinajstić information content (AvgIpc) is 2.55. The molecule has 0 bridgehead atoms. The summed E-state index contributed by atoms with van der Waals surface area (Å²) in [7, 11) is 0. The summed E-state index contributed by atoms with van der Waals surface area (Å²) >= 11 is 0. The molecule has 0 aliphatic carbocycles. The van der Waals surface area contributed by atoms with Crippen molar-refractivity contribution in [2.75, 3.05) is 26.3 Å². The number of nitrogens with two attached hydrogens (primary N) is 1. The van der Waals surface area contributed by atoms with E-state index in [4.69, 9.17) is 10.5 Å². The standard InChI is InChI=1S/C17H28N4O/c1-3-14(2)20-17(18)19-12-15-4-6-16(7-5-15)13-21-8-10-22-11-9-21/h4-7,14H,3,8-13H2,1-2H3,(H3,18,19,20). The van der Waals surface area contributed by atoms with Crippen LogP contribution in [0.25, 0.3) is 0 Å². The fourth-order valence-corrected chi connectivity index (χ4v) is 2.34. The fraction of sp³-hybridized carbons (Fsp3) is 0.588. The molecule has 1 atom stereocenters. The highest BCUT2D eigenvalue weighted by atomic mass is 16.5. The number of aliphatic imine (C=N–C) groups is 1. The van der Waals surface area contributed by atoms with Crippen molar-refractivity contribution in [3.8, 4) is 0 Å². The first-order valence-electron chi connectivity index (χ1n) is 8.11. The van der Waals surface area contributed by atoms with Gasteiger partial charge in [0.05, 0.1) is 19.8 Å². The first kappa shape index (κ1) is 16.8. The van der Waals surface area contributed by atoms with Gasteiger partial charge in [-0.05, 0) is 24.5 Å². The van der Waals surface area contributed by atoms with E-state index in [0.717, 1.165) is 39.3 Å². The Balaban J connectivity index is 1.82. The Morgan fingerprint density at radius 3 is 2.55 bits per heavy atom. The zero-order chi connectivity index (χ0) is 15.8. The second-order valence-corrected chi connectivity index (χ2v) is 5.86. The minimum atomic E-state index is 0.361. The maximum Gasteiger partial charge on any atom is 0.189 e. The number of nitrogens with one attached hydrogen (secondary N) is 1. The van der Waals surface area contributed by atoms with Crippen molar-refractivity contribution in [3.05, 3.63) is 35.4 Å². The van der Waals surface area contributed by atoms with Crippen LogP contribution >= 0.6 is 0 Å². The fourth-order valence-electron chi connectivity index (χ4n) is 2.34. The summed E-state index contributed by atoms with van der Waals surface area (Å²) in [4.78, 5) is 6.81. The van der Waals surface area contributed by atoms with E-state index in [2.05, 4.69) is 53.3 Å². The first-order valence-corrected chi connectivity index (χ1v) is 8.11. The van der Waals surface area contributed by atoms with Crippen molar-refractivity contribution in [2.45, 2.75) is 39.4 Å². The summed E-state index contributed by atoms with van der Waals surface area (Å²) in [6.45, 7) is 9.55. The highest BCUT2D eigenvalue weighted by Crippen LogP contribution is 2.10. The van der Waals surface area contributed by atoms with E-state index in [0.29, 0.717) is 18.5 Å². The van der Waals surface area contributed by atoms with Crippen LogP contribution in [0.15, 0.2) is 29.3 Å². The van der Waals surface area contributed by atoms with E-state index in [1.165, 1.54) is 11.1 Å². The third-order valence-electron chi connectivity index (χ3n) is 3.97. The Morgan fingerprint density at radius 1 is 1.27 bits per heavy atom. The van der Waals surface area contributed by atoms with Crippen molar-refractivity contribution in [2.24, 2.45) is 10.7 Å². The van der Waals surface area contributed by atoms with Gasteiger partial charge in [0.25, 0.3) is 0 Å². The maximum atomic E-state index is 5.87. The van der Waals surface area contributed by atoms with E-state index in [1.807, 2.05) is 0 Å². The lowest BCUT2D eigenvalue weighted by atomic mass is 10.1. The van der Waals surface area contributed by atoms with E-state index >= 15 is 0 Å². The molecule has 1 saturated heterocycles. The molecule has 1 unspecified atom stereocenters. The highest BCUT2D eigenvalue weighted by molar-refractivity contribution is 5.78. The van der Waals surface area contributed by atoms with Gasteiger partial charge in [-0.3, -0.25) is 4.90 Å². The number of hydrogen-bond acceptors (Lipinski definition) is 3. The van der Waals surface area contributed by atoms with Gasteiger partial charge < -0.3 is 15.8 Å². The van der Waals surface area contributed by atoms with Gasteiger partial charge in [0.1, 0.15) is 0 Å². The molecule has 1 fully saturated rings. The SMILES string of the molecule is CCC(C)NC(N)=NCc1ccc(CN2CCOCC2)cc1. The van der Waals surface area contributed by atoms with Crippen LogP contribution in [0.3, 0.4) is 0 Å². The highest BCUT2D eigenvalue weighted by Gasteiger charge is 2.10. The molecular weight excluding hydrogens is 276 g/mol. The average molecular weight is 304 g/mol. The molecular formula is C17H28N4O. The van der Waals surface area contributed by atoms with Crippen molar-refractivity contribution >= 4 is 5.96 Å². The Labute approximate surface area is 133 Å². The number of morpholine rings is 1. The Bertz CT molecular complexity index is 466. The number of rotatable bonds is 6. The summed E-state index contributed by atoms with van der Waals surface area (Å²) in [5.41, 5.74) is 8.39. The van der Waals surface area contributed by atoms with E-state index in [1.54, 1.807) is 0 Å². The summed E-state index contributed by atoms with van der Waals surface area (Å²) in [6, 6.07) is 8.99. The monoisotopic (exact) mass is 304 g/mol. The molecule has 2 rings (SSSR count). The minimum absolute atomic E-state index is 0.361. The molecule has 1 aromatic carbocycles. The molecule has 0 radical (unpaired) electrons. The Kier molecular flexibility index (Phi) is 6.68. The summed E-state index contributed by atoms with van der Waals surface area (Å²) in [5, 5.41) is 3.17. The van der Waals surface area contributed by atoms with Gasteiger partial charge in [-0.1, -0.05) is 31.2 Å². The van der Waals surface area contributed by atoms with Gasteiger partial charge in [-0.2, -0.15) is 0 Å². The van der Waals surface area contributed by atoms with Gasteiger partial charge in [0.15, 0.2) is 5.96 Å². The van der Waals surface area contributed by atoms with Crippen molar-refractivity contribution in [3.63, 3.8) is 0 Å².